The number of fused-ring (bicyclic) bond motifs is 1. The first kappa shape index (κ1) is 15.3. The summed E-state index contributed by atoms with van der Waals surface area (Å²) in [5.41, 5.74) is 0.718. The third kappa shape index (κ3) is 2.81. The van der Waals surface area contributed by atoms with Gasteiger partial charge in [0.25, 0.3) is 10.1 Å². The topological polar surface area (TPSA) is 101 Å². The molecule has 1 aliphatic heterocycles. The van der Waals surface area contributed by atoms with Crippen LogP contribution < -0.4 is 5.69 Å². The Kier molecular flexibility index (Phi) is 3.62. The highest BCUT2D eigenvalue weighted by Crippen LogP contribution is 2.32. The van der Waals surface area contributed by atoms with E-state index in [9.17, 15) is 13.2 Å². The fraction of sp³-hybridized carbons (Fsp3) is 0.500. The molecule has 1 fully saturated rings. The molecule has 8 heteroatoms. The second kappa shape index (κ2) is 5.22. The number of imidazole rings is 1. The molecular formula is C14H18N2O5S. The number of H-pyrrole nitrogens is 1. The standard InChI is InChI=1S/C14H18N2O5S/c1-14(4-6-21-7-5-14)9-16-12-3-2-10(22(18,19)20)8-11(12)15-13(16)17/h2-3,8H,4-7,9H2,1H3,(H,15,17)(H,18,19,20). The molecule has 0 aliphatic carbocycles. The van der Waals surface area contributed by atoms with Gasteiger partial charge in [-0.1, -0.05) is 6.92 Å². The first-order chi connectivity index (χ1) is 10.3. The molecule has 1 saturated heterocycles. The maximum atomic E-state index is 12.2. The van der Waals surface area contributed by atoms with Crippen LogP contribution in [0.5, 0.6) is 0 Å². The maximum Gasteiger partial charge on any atom is 0.326 e. The van der Waals surface area contributed by atoms with Crippen LogP contribution in [0.25, 0.3) is 11.0 Å². The van der Waals surface area contributed by atoms with E-state index in [0.29, 0.717) is 30.8 Å². The number of ether oxygens (including phenoxy) is 1. The number of nitrogens with zero attached hydrogens (tertiary/aromatic N) is 1. The summed E-state index contributed by atoms with van der Waals surface area (Å²) < 4.78 is 38.4. The van der Waals surface area contributed by atoms with Gasteiger partial charge in [-0.25, -0.2) is 4.79 Å². The van der Waals surface area contributed by atoms with Gasteiger partial charge < -0.3 is 9.72 Å². The van der Waals surface area contributed by atoms with Gasteiger partial charge in [0, 0.05) is 19.8 Å². The van der Waals surface area contributed by atoms with Crippen molar-refractivity contribution in [3.05, 3.63) is 28.7 Å². The molecule has 0 radical (unpaired) electrons. The summed E-state index contributed by atoms with van der Waals surface area (Å²) in [5.74, 6) is 0. The van der Waals surface area contributed by atoms with Gasteiger partial charge in [-0.2, -0.15) is 8.42 Å². The number of benzene rings is 1. The quantitative estimate of drug-likeness (QED) is 0.830. The molecule has 0 amide bonds. The zero-order valence-corrected chi connectivity index (χ0v) is 13.0. The minimum atomic E-state index is -4.28. The molecule has 0 bridgehead atoms. The van der Waals surface area contributed by atoms with Crippen molar-refractivity contribution in [1.29, 1.82) is 0 Å². The number of rotatable bonds is 3. The van der Waals surface area contributed by atoms with E-state index < -0.39 is 10.1 Å². The summed E-state index contributed by atoms with van der Waals surface area (Å²) in [6.07, 6.45) is 1.74. The predicted octanol–water partition coefficient (Wildman–Crippen LogP) is 1.39. The Morgan fingerprint density at radius 1 is 1.36 bits per heavy atom. The highest BCUT2D eigenvalue weighted by molar-refractivity contribution is 7.85. The van der Waals surface area contributed by atoms with Crippen LogP contribution in [0.3, 0.4) is 0 Å². The third-order valence-electron chi connectivity index (χ3n) is 4.28. The van der Waals surface area contributed by atoms with Gasteiger partial charge in [0.15, 0.2) is 0 Å². The Morgan fingerprint density at radius 2 is 2.05 bits per heavy atom. The molecular weight excluding hydrogens is 308 g/mol. The smallest absolute Gasteiger partial charge is 0.326 e. The van der Waals surface area contributed by atoms with Crippen LogP contribution in [0.4, 0.5) is 0 Å². The van der Waals surface area contributed by atoms with Crippen LogP contribution >= 0.6 is 0 Å². The molecule has 1 aliphatic rings. The van der Waals surface area contributed by atoms with E-state index in [1.807, 2.05) is 0 Å². The summed E-state index contributed by atoms with van der Waals surface area (Å²) in [6, 6.07) is 4.11. The largest absolute Gasteiger partial charge is 0.381 e. The number of aromatic nitrogens is 2. The predicted molar refractivity (Wildman–Crippen MR) is 80.5 cm³/mol. The summed E-state index contributed by atoms with van der Waals surface area (Å²) in [5, 5.41) is 0. The number of aromatic amines is 1. The average Bonchev–Trinajstić information content (AvgIpc) is 2.74. The van der Waals surface area contributed by atoms with Crippen molar-refractivity contribution < 1.29 is 17.7 Å². The molecule has 120 valence electrons. The van der Waals surface area contributed by atoms with Crippen LogP contribution in [-0.2, 0) is 21.4 Å². The minimum Gasteiger partial charge on any atom is -0.381 e. The second-order valence-electron chi connectivity index (χ2n) is 6.09. The first-order valence-corrected chi connectivity index (χ1v) is 8.50. The zero-order chi connectivity index (χ0) is 16.0. The van der Waals surface area contributed by atoms with E-state index in [1.54, 1.807) is 10.6 Å². The SMILES string of the molecule is CC1(Cn2c(=O)[nH]c3cc(S(=O)(=O)O)ccc32)CCOCC1. The average molecular weight is 326 g/mol. The van der Waals surface area contributed by atoms with Gasteiger partial charge in [0.05, 0.1) is 15.9 Å². The Morgan fingerprint density at radius 3 is 2.68 bits per heavy atom. The van der Waals surface area contributed by atoms with Crippen molar-refractivity contribution in [2.75, 3.05) is 13.2 Å². The minimum absolute atomic E-state index is 0.0288. The highest BCUT2D eigenvalue weighted by atomic mass is 32.2. The molecule has 0 spiro atoms. The van der Waals surface area contributed by atoms with Crippen LogP contribution in [0.2, 0.25) is 0 Å². The number of nitrogens with one attached hydrogen (secondary N) is 1. The van der Waals surface area contributed by atoms with Gasteiger partial charge in [-0.15, -0.1) is 0 Å². The Labute approximate surface area is 127 Å². The van der Waals surface area contributed by atoms with E-state index in [4.69, 9.17) is 9.29 Å². The molecule has 2 heterocycles. The molecule has 1 aromatic heterocycles. The lowest BCUT2D eigenvalue weighted by molar-refractivity contribution is 0.0156. The third-order valence-corrected chi connectivity index (χ3v) is 5.13. The Balaban J connectivity index is 2.03. The van der Waals surface area contributed by atoms with Crippen LogP contribution in [0.1, 0.15) is 19.8 Å². The van der Waals surface area contributed by atoms with Crippen molar-refractivity contribution >= 4 is 21.2 Å². The van der Waals surface area contributed by atoms with Gasteiger partial charge in [0.2, 0.25) is 0 Å². The normalized spacial score (nSPS) is 18.6. The lowest BCUT2D eigenvalue weighted by Gasteiger charge is -2.33. The van der Waals surface area contributed by atoms with Crippen LogP contribution in [-0.4, -0.2) is 35.7 Å². The molecule has 7 nitrogen and oxygen atoms in total. The summed E-state index contributed by atoms with van der Waals surface area (Å²) in [6.45, 7) is 4.02. The molecule has 0 unspecified atom stereocenters. The lowest BCUT2D eigenvalue weighted by atomic mass is 9.82. The maximum absolute atomic E-state index is 12.2. The van der Waals surface area contributed by atoms with Crippen molar-refractivity contribution in [1.82, 2.24) is 9.55 Å². The first-order valence-electron chi connectivity index (χ1n) is 7.06. The Hall–Kier alpha value is -1.64. The van der Waals surface area contributed by atoms with Gasteiger partial charge >= 0.3 is 5.69 Å². The molecule has 0 saturated carbocycles. The summed E-state index contributed by atoms with van der Waals surface area (Å²) in [7, 11) is -4.28. The number of hydrogen-bond acceptors (Lipinski definition) is 4. The van der Waals surface area contributed by atoms with Crippen molar-refractivity contribution in [3.63, 3.8) is 0 Å². The van der Waals surface area contributed by atoms with Gasteiger partial charge in [-0.3, -0.25) is 9.12 Å². The van der Waals surface area contributed by atoms with E-state index in [-0.39, 0.29) is 16.0 Å². The van der Waals surface area contributed by atoms with Crippen molar-refractivity contribution in [2.45, 2.75) is 31.2 Å². The van der Waals surface area contributed by atoms with Gasteiger partial charge in [-0.05, 0) is 36.5 Å². The van der Waals surface area contributed by atoms with Crippen molar-refractivity contribution in [3.8, 4) is 0 Å². The molecule has 2 N–H and O–H groups in total. The van der Waals surface area contributed by atoms with Crippen LogP contribution in [0.15, 0.2) is 27.9 Å². The monoisotopic (exact) mass is 326 g/mol. The lowest BCUT2D eigenvalue weighted by Crippen LogP contribution is -2.34. The van der Waals surface area contributed by atoms with E-state index in [0.717, 1.165) is 12.8 Å². The molecule has 0 atom stereocenters. The molecule has 22 heavy (non-hydrogen) atoms. The number of hydrogen-bond donors (Lipinski definition) is 2. The summed E-state index contributed by atoms with van der Waals surface area (Å²) in [4.78, 5) is 14.6. The van der Waals surface area contributed by atoms with E-state index in [1.165, 1.54) is 12.1 Å². The van der Waals surface area contributed by atoms with Crippen molar-refractivity contribution in [2.24, 2.45) is 5.41 Å². The molecule has 3 rings (SSSR count). The van der Waals surface area contributed by atoms with Crippen LogP contribution in [0, 0.1) is 5.41 Å². The zero-order valence-electron chi connectivity index (χ0n) is 12.2. The molecule has 2 aromatic rings. The summed E-state index contributed by atoms with van der Waals surface area (Å²) >= 11 is 0. The fourth-order valence-corrected chi connectivity index (χ4v) is 3.37. The highest BCUT2D eigenvalue weighted by Gasteiger charge is 2.29. The van der Waals surface area contributed by atoms with E-state index in [2.05, 4.69) is 11.9 Å². The molecule has 1 aromatic carbocycles. The van der Waals surface area contributed by atoms with E-state index >= 15 is 0 Å². The Bertz CT molecular complexity index is 859. The van der Waals surface area contributed by atoms with Gasteiger partial charge in [0.1, 0.15) is 0 Å². The second-order valence-corrected chi connectivity index (χ2v) is 7.51. The fourth-order valence-electron chi connectivity index (χ4n) is 2.86.